The SMILES string of the molecule is COC1O[C@H](OC)CC2C(O)C3OC3(CO)C12. The largest absolute Gasteiger partial charge is 0.393 e. The summed E-state index contributed by atoms with van der Waals surface area (Å²) in [5.74, 6) is -0.145. The van der Waals surface area contributed by atoms with Gasteiger partial charge in [0.2, 0.25) is 0 Å². The average molecular weight is 246 g/mol. The van der Waals surface area contributed by atoms with Crippen LogP contribution >= 0.6 is 0 Å². The van der Waals surface area contributed by atoms with E-state index in [4.69, 9.17) is 18.9 Å². The Morgan fingerprint density at radius 3 is 2.71 bits per heavy atom. The molecule has 1 aliphatic carbocycles. The van der Waals surface area contributed by atoms with E-state index in [1.165, 1.54) is 0 Å². The van der Waals surface area contributed by atoms with Crippen LogP contribution in [0, 0.1) is 11.8 Å². The molecule has 6 unspecified atom stereocenters. The summed E-state index contributed by atoms with van der Waals surface area (Å²) in [5.41, 5.74) is -0.677. The molecule has 2 aliphatic heterocycles. The van der Waals surface area contributed by atoms with Crippen molar-refractivity contribution in [3.8, 4) is 0 Å². The molecule has 0 radical (unpaired) electrons. The third-order valence-corrected chi connectivity index (χ3v) is 4.33. The predicted octanol–water partition coefficient (Wildman–Crippen LogP) is -0.911. The number of aliphatic hydroxyl groups is 2. The molecular formula is C11H18O6. The maximum Gasteiger partial charge on any atom is 0.166 e. The minimum Gasteiger partial charge on any atom is -0.393 e. The van der Waals surface area contributed by atoms with E-state index >= 15 is 0 Å². The molecular weight excluding hydrogens is 228 g/mol. The second-order valence-electron chi connectivity index (χ2n) is 4.97. The normalized spacial score (nSPS) is 56.5. The molecule has 0 bridgehead atoms. The molecule has 0 aromatic carbocycles. The first kappa shape index (κ1) is 11.8. The molecule has 0 aromatic rings. The number of hydrogen-bond donors (Lipinski definition) is 2. The molecule has 6 nitrogen and oxygen atoms in total. The molecule has 0 spiro atoms. The summed E-state index contributed by atoms with van der Waals surface area (Å²) in [7, 11) is 3.12. The lowest BCUT2D eigenvalue weighted by Gasteiger charge is -2.41. The first-order valence-corrected chi connectivity index (χ1v) is 5.85. The number of hydrogen-bond acceptors (Lipinski definition) is 6. The van der Waals surface area contributed by atoms with E-state index in [9.17, 15) is 10.2 Å². The van der Waals surface area contributed by atoms with E-state index in [2.05, 4.69) is 0 Å². The Kier molecular flexibility index (Phi) is 2.70. The van der Waals surface area contributed by atoms with Gasteiger partial charge in [-0.2, -0.15) is 0 Å². The van der Waals surface area contributed by atoms with E-state index in [1.54, 1.807) is 14.2 Å². The molecule has 0 aromatic heterocycles. The lowest BCUT2D eigenvalue weighted by molar-refractivity contribution is -0.299. The highest BCUT2D eigenvalue weighted by Gasteiger charge is 2.76. The minimum atomic E-state index is -0.677. The van der Waals surface area contributed by atoms with Crippen LogP contribution in [0.5, 0.6) is 0 Å². The molecule has 2 N–H and O–H groups in total. The zero-order chi connectivity index (χ0) is 12.2. The highest BCUT2D eigenvalue weighted by atomic mass is 16.8. The van der Waals surface area contributed by atoms with Crippen LogP contribution in [0.1, 0.15) is 6.42 Å². The van der Waals surface area contributed by atoms with E-state index in [0.717, 1.165) is 0 Å². The maximum atomic E-state index is 10.2. The van der Waals surface area contributed by atoms with Crippen molar-refractivity contribution in [3.63, 3.8) is 0 Å². The molecule has 2 saturated heterocycles. The van der Waals surface area contributed by atoms with Gasteiger partial charge in [0.05, 0.1) is 12.7 Å². The van der Waals surface area contributed by atoms with Crippen molar-refractivity contribution in [2.24, 2.45) is 11.8 Å². The molecule has 2 heterocycles. The molecule has 3 rings (SSSR count). The van der Waals surface area contributed by atoms with Crippen molar-refractivity contribution in [3.05, 3.63) is 0 Å². The fraction of sp³-hybridized carbons (Fsp3) is 1.00. The van der Waals surface area contributed by atoms with Crippen LogP contribution < -0.4 is 0 Å². The Hall–Kier alpha value is -0.240. The number of methoxy groups -OCH3 is 2. The van der Waals surface area contributed by atoms with E-state index in [0.29, 0.717) is 6.42 Å². The molecule has 3 fully saturated rings. The van der Waals surface area contributed by atoms with Crippen LogP contribution in [0.3, 0.4) is 0 Å². The van der Waals surface area contributed by atoms with Crippen molar-refractivity contribution >= 4 is 0 Å². The fourth-order valence-electron chi connectivity index (χ4n) is 3.45. The van der Waals surface area contributed by atoms with Crippen LogP contribution in [0.4, 0.5) is 0 Å². The lowest BCUT2D eigenvalue weighted by Crippen LogP contribution is -2.49. The van der Waals surface area contributed by atoms with Gasteiger partial charge in [-0.25, -0.2) is 0 Å². The molecule has 7 atom stereocenters. The fourth-order valence-corrected chi connectivity index (χ4v) is 3.45. The Labute approximate surface area is 99.4 Å². The number of fused-ring (bicyclic) bond motifs is 3. The molecule has 1 saturated carbocycles. The second-order valence-corrected chi connectivity index (χ2v) is 4.97. The summed E-state index contributed by atoms with van der Waals surface area (Å²) in [5, 5.41) is 19.6. The average Bonchev–Trinajstić information content (AvgIpc) is 3.06. The van der Waals surface area contributed by atoms with Gasteiger partial charge in [0.25, 0.3) is 0 Å². The van der Waals surface area contributed by atoms with Crippen LogP contribution in [0.2, 0.25) is 0 Å². The van der Waals surface area contributed by atoms with Crippen LogP contribution in [0.15, 0.2) is 0 Å². The van der Waals surface area contributed by atoms with Crippen LogP contribution in [-0.2, 0) is 18.9 Å². The first-order chi connectivity index (χ1) is 8.17. The summed E-state index contributed by atoms with van der Waals surface area (Å²) in [4.78, 5) is 0. The molecule has 0 amide bonds. The molecule has 6 heteroatoms. The third kappa shape index (κ3) is 1.43. The van der Waals surface area contributed by atoms with Crippen LogP contribution in [-0.4, -0.2) is 61.4 Å². The van der Waals surface area contributed by atoms with Gasteiger partial charge in [0, 0.05) is 32.5 Å². The monoisotopic (exact) mass is 246 g/mol. The van der Waals surface area contributed by atoms with E-state index in [1.807, 2.05) is 0 Å². The third-order valence-electron chi connectivity index (χ3n) is 4.33. The summed E-state index contributed by atoms with van der Waals surface area (Å²) in [6.45, 7) is -0.114. The van der Waals surface area contributed by atoms with Crippen molar-refractivity contribution in [2.75, 3.05) is 20.8 Å². The number of rotatable bonds is 3. The number of epoxide rings is 1. The van der Waals surface area contributed by atoms with Gasteiger partial charge in [0.1, 0.15) is 11.7 Å². The van der Waals surface area contributed by atoms with E-state index < -0.39 is 18.0 Å². The molecule has 98 valence electrons. The Balaban J connectivity index is 1.87. The van der Waals surface area contributed by atoms with Crippen molar-refractivity contribution in [1.82, 2.24) is 0 Å². The Bertz CT molecular complexity index is 310. The Morgan fingerprint density at radius 2 is 2.12 bits per heavy atom. The summed E-state index contributed by atoms with van der Waals surface area (Å²) >= 11 is 0. The minimum absolute atomic E-state index is 0.00968. The van der Waals surface area contributed by atoms with Gasteiger partial charge in [-0.1, -0.05) is 0 Å². The topological polar surface area (TPSA) is 80.7 Å². The first-order valence-electron chi connectivity index (χ1n) is 5.85. The van der Waals surface area contributed by atoms with Gasteiger partial charge >= 0.3 is 0 Å². The smallest absolute Gasteiger partial charge is 0.166 e. The zero-order valence-electron chi connectivity index (χ0n) is 9.91. The van der Waals surface area contributed by atoms with Gasteiger partial charge in [0.15, 0.2) is 12.6 Å². The number of ether oxygens (including phenoxy) is 4. The quantitative estimate of drug-likeness (QED) is 0.627. The maximum absolute atomic E-state index is 10.2. The van der Waals surface area contributed by atoms with Crippen molar-refractivity contribution in [2.45, 2.75) is 36.8 Å². The predicted molar refractivity (Wildman–Crippen MR) is 55.0 cm³/mol. The van der Waals surface area contributed by atoms with Gasteiger partial charge in [-0.15, -0.1) is 0 Å². The number of aliphatic hydroxyl groups excluding tert-OH is 2. The van der Waals surface area contributed by atoms with Crippen LogP contribution in [0.25, 0.3) is 0 Å². The van der Waals surface area contributed by atoms with Gasteiger partial charge in [-0.3, -0.25) is 0 Å². The lowest BCUT2D eigenvalue weighted by atomic mass is 9.83. The molecule has 17 heavy (non-hydrogen) atoms. The summed E-state index contributed by atoms with van der Waals surface area (Å²) in [6, 6.07) is 0. The highest BCUT2D eigenvalue weighted by Crippen LogP contribution is 2.60. The van der Waals surface area contributed by atoms with E-state index in [-0.39, 0.29) is 30.8 Å². The summed E-state index contributed by atoms with van der Waals surface area (Å²) in [6.07, 6.45) is -1.15. The highest BCUT2D eigenvalue weighted by molar-refractivity contribution is 5.21. The van der Waals surface area contributed by atoms with Crippen molar-refractivity contribution in [1.29, 1.82) is 0 Å². The molecule has 3 aliphatic rings. The zero-order valence-corrected chi connectivity index (χ0v) is 9.91. The van der Waals surface area contributed by atoms with Crippen molar-refractivity contribution < 1.29 is 29.2 Å². The van der Waals surface area contributed by atoms with Gasteiger partial charge < -0.3 is 29.2 Å². The Morgan fingerprint density at radius 1 is 1.35 bits per heavy atom. The second kappa shape index (κ2) is 3.88. The summed E-state index contributed by atoms with van der Waals surface area (Å²) < 4.78 is 21.6. The standard InChI is InChI=1S/C11H18O6/c1-14-6-3-5-7(10(15-2)16-6)11(4-12)9(17-11)8(5)13/h5-10,12-13H,3-4H2,1-2H3/t5?,6-,7?,8?,9?,10?,11?/m0/s1. The van der Waals surface area contributed by atoms with Gasteiger partial charge in [-0.05, 0) is 0 Å².